The molecule has 2 heterocycles. The lowest BCUT2D eigenvalue weighted by molar-refractivity contribution is 0.140. The van der Waals surface area contributed by atoms with Crippen LogP contribution in [-0.4, -0.2) is 53.8 Å². The zero-order valence-corrected chi connectivity index (χ0v) is 11.4. The van der Waals surface area contributed by atoms with E-state index in [2.05, 4.69) is 19.8 Å². The van der Waals surface area contributed by atoms with E-state index in [1.165, 1.54) is 25.1 Å². The molecule has 0 radical (unpaired) electrons. The first-order valence-electron chi connectivity index (χ1n) is 6.70. The Balaban J connectivity index is 1.71. The van der Waals surface area contributed by atoms with E-state index in [4.69, 9.17) is 4.74 Å². The summed E-state index contributed by atoms with van der Waals surface area (Å²) in [6.07, 6.45) is 6.37. The molecule has 1 N–H and O–H groups in total. The molecular weight excluding hydrogens is 228 g/mol. The van der Waals surface area contributed by atoms with E-state index in [9.17, 15) is 0 Å². The molecule has 0 bridgehead atoms. The number of nitrogens with one attached hydrogen (secondary N) is 1. The summed E-state index contributed by atoms with van der Waals surface area (Å²) < 4.78 is 7.22. The number of aryl methyl sites for hydroxylation is 1. The Morgan fingerprint density at radius 2 is 2.44 bits per heavy atom. The van der Waals surface area contributed by atoms with E-state index in [1.54, 1.807) is 7.11 Å². The van der Waals surface area contributed by atoms with Gasteiger partial charge in [0, 0.05) is 46.0 Å². The van der Waals surface area contributed by atoms with Gasteiger partial charge in [0.1, 0.15) is 0 Å². The van der Waals surface area contributed by atoms with Gasteiger partial charge in [-0.15, -0.1) is 0 Å². The highest BCUT2D eigenvalue weighted by atomic mass is 16.5. The molecule has 1 aromatic heterocycles. The minimum atomic E-state index is 0.661. The van der Waals surface area contributed by atoms with Crippen LogP contribution in [0.1, 0.15) is 18.5 Å². The molecule has 1 unspecified atom stereocenters. The third kappa shape index (κ3) is 3.54. The summed E-state index contributed by atoms with van der Waals surface area (Å²) in [5.74, 6) is 0. The molecule has 1 aliphatic rings. The number of hydrogen-bond acceptors (Lipinski definition) is 4. The predicted molar refractivity (Wildman–Crippen MR) is 71.4 cm³/mol. The van der Waals surface area contributed by atoms with Crippen LogP contribution in [0.3, 0.4) is 0 Å². The predicted octanol–water partition coefficient (Wildman–Crippen LogP) is 0.621. The van der Waals surface area contributed by atoms with Crippen molar-refractivity contribution < 1.29 is 4.74 Å². The number of ether oxygens (including phenoxy) is 1. The van der Waals surface area contributed by atoms with Gasteiger partial charge in [0.2, 0.25) is 0 Å². The number of aromatic nitrogens is 2. The summed E-state index contributed by atoms with van der Waals surface area (Å²) in [5.41, 5.74) is 1.23. The topological polar surface area (TPSA) is 42.3 Å². The van der Waals surface area contributed by atoms with Gasteiger partial charge in [-0.25, -0.2) is 4.98 Å². The van der Waals surface area contributed by atoms with E-state index in [1.807, 2.05) is 19.6 Å². The first kappa shape index (κ1) is 13.5. The number of methoxy groups -OCH3 is 1. The van der Waals surface area contributed by atoms with Gasteiger partial charge in [-0.1, -0.05) is 0 Å². The minimum Gasteiger partial charge on any atom is -0.383 e. The van der Waals surface area contributed by atoms with Gasteiger partial charge in [0.05, 0.1) is 18.6 Å². The van der Waals surface area contributed by atoms with Crippen molar-refractivity contribution in [1.29, 1.82) is 0 Å². The quantitative estimate of drug-likeness (QED) is 0.772. The van der Waals surface area contributed by atoms with Crippen LogP contribution in [0, 0.1) is 0 Å². The van der Waals surface area contributed by atoms with Crippen LogP contribution < -0.4 is 5.32 Å². The number of imidazole rings is 1. The minimum absolute atomic E-state index is 0.661. The summed E-state index contributed by atoms with van der Waals surface area (Å²) in [6.45, 7) is 5.04. The van der Waals surface area contributed by atoms with Crippen molar-refractivity contribution in [2.75, 3.05) is 33.4 Å². The summed E-state index contributed by atoms with van der Waals surface area (Å²) in [7, 11) is 3.80. The van der Waals surface area contributed by atoms with Gasteiger partial charge in [0.25, 0.3) is 0 Å². The number of rotatable bonds is 7. The first-order chi connectivity index (χ1) is 8.81. The highest BCUT2D eigenvalue weighted by Crippen LogP contribution is 2.15. The Morgan fingerprint density at radius 3 is 3.17 bits per heavy atom. The third-order valence-corrected chi connectivity index (χ3v) is 3.68. The van der Waals surface area contributed by atoms with Crippen LogP contribution in [0.4, 0.5) is 0 Å². The average Bonchev–Trinajstić information content (AvgIpc) is 2.97. The summed E-state index contributed by atoms with van der Waals surface area (Å²) in [4.78, 5) is 6.65. The fourth-order valence-corrected chi connectivity index (χ4v) is 2.55. The van der Waals surface area contributed by atoms with E-state index in [0.29, 0.717) is 6.04 Å². The van der Waals surface area contributed by atoms with Crippen LogP contribution in [0.5, 0.6) is 0 Å². The smallest absolute Gasteiger partial charge is 0.0945 e. The molecule has 2 rings (SSSR count). The van der Waals surface area contributed by atoms with Gasteiger partial charge < -0.3 is 14.6 Å². The molecule has 0 aromatic carbocycles. The van der Waals surface area contributed by atoms with Gasteiger partial charge in [-0.3, -0.25) is 4.90 Å². The van der Waals surface area contributed by atoms with Gasteiger partial charge in [-0.2, -0.15) is 0 Å². The molecule has 1 atom stereocenters. The normalized spacial score (nSPS) is 20.7. The molecule has 1 saturated heterocycles. The Labute approximate surface area is 109 Å². The van der Waals surface area contributed by atoms with Gasteiger partial charge >= 0.3 is 0 Å². The van der Waals surface area contributed by atoms with Crippen molar-refractivity contribution in [2.45, 2.75) is 25.4 Å². The van der Waals surface area contributed by atoms with Crippen molar-refractivity contribution in [1.82, 2.24) is 19.8 Å². The second-order valence-electron chi connectivity index (χ2n) is 4.95. The molecule has 5 heteroatoms. The monoisotopic (exact) mass is 252 g/mol. The maximum absolute atomic E-state index is 5.16. The molecule has 1 aliphatic heterocycles. The molecule has 0 aliphatic carbocycles. The second kappa shape index (κ2) is 6.87. The highest BCUT2D eigenvalue weighted by molar-refractivity contribution is 4.97. The van der Waals surface area contributed by atoms with Crippen molar-refractivity contribution in [2.24, 2.45) is 7.05 Å². The Hall–Kier alpha value is -0.910. The number of likely N-dealkylation sites (tertiary alicyclic amines) is 1. The van der Waals surface area contributed by atoms with Crippen molar-refractivity contribution in [3.05, 3.63) is 18.2 Å². The average molecular weight is 252 g/mol. The van der Waals surface area contributed by atoms with Crippen molar-refractivity contribution >= 4 is 0 Å². The van der Waals surface area contributed by atoms with E-state index in [-0.39, 0.29) is 0 Å². The molecule has 0 saturated carbocycles. The molecular formula is C13H24N4O. The van der Waals surface area contributed by atoms with Crippen molar-refractivity contribution in [3.8, 4) is 0 Å². The SMILES string of the molecule is COCCN1CCCC1CNCc1cncn1C. The van der Waals surface area contributed by atoms with Crippen LogP contribution >= 0.6 is 0 Å². The molecule has 1 aromatic rings. The molecule has 0 spiro atoms. The number of nitrogens with zero attached hydrogens (tertiary/aromatic N) is 3. The molecule has 1 fully saturated rings. The first-order valence-corrected chi connectivity index (χ1v) is 6.70. The largest absolute Gasteiger partial charge is 0.383 e. The van der Waals surface area contributed by atoms with Gasteiger partial charge in [-0.05, 0) is 19.4 Å². The van der Waals surface area contributed by atoms with Crippen molar-refractivity contribution in [3.63, 3.8) is 0 Å². The highest BCUT2D eigenvalue weighted by Gasteiger charge is 2.23. The Kier molecular flexibility index (Phi) is 5.16. The maximum atomic E-state index is 5.16. The van der Waals surface area contributed by atoms with Gasteiger partial charge in [0.15, 0.2) is 0 Å². The fourth-order valence-electron chi connectivity index (χ4n) is 2.55. The second-order valence-corrected chi connectivity index (χ2v) is 4.95. The fraction of sp³-hybridized carbons (Fsp3) is 0.769. The zero-order chi connectivity index (χ0) is 12.8. The summed E-state index contributed by atoms with van der Waals surface area (Å²) in [5, 5.41) is 3.53. The number of hydrogen-bond donors (Lipinski definition) is 1. The molecule has 0 amide bonds. The maximum Gasteiger partial charge on any atom is 0.0945 e. The van der Waals surface area contributed by atoms with Crippen LogP contribution in [0.15, 0.2) is 12.5 Å². The lowest BCUT2D eigenvalue weighted by Gasteiger charge is -2.24. The van der Waals surface area contributed by atoms with Crippen LogP contribution in [0.25, 0.3) is 0 Å². The summed E-state index contributed by atoms with van der Waals surface area (Å²) >= 11 is 0. The lowest BCUT2D eigenvalue weighted by Crippen LogP contribution is -2.39. The van der Waals surface area contributed by atoms with E-state index >= 15 is 0 Å². The molecule has 18 heavy (non-hydrogen) atoms. The molecule has 5 nitrogen and oxygen atoms in total. The third-order valence-electron chi connectivity index (χ3n) is 3.68. The molecule has 102 valence electrons. The van der Waals surface area contributed by atoms with E-state index < -0.39 is 0 Å². The standard InChI is InChI=1S/C13H24N4O/c1-16-11-15-10-13(16)9-14-8-12-4-3-5-17(12)6-7-18-2/h10-12,14H,3-9H2,1-2H3. The van der Waals surface area contributed by atoms with E-state index in [0.717, 1.165) is 26.2 Å². The lowest BCUT2D eigenvalue weighted by atomic mass is 10.2. The Morgan fingerprint density at radius 1 is 1.56 bits per heavy atom. The summed E-state index contributed by atoms with van der Waals surface area (Å²) in [6, 6.07) is 0.661. The zero-order valence-electron chi connectivity index (χ0n) is 11.4. The Bertz CT molecular complexity index is 353. The van der Waals surface area contributed by atoms with Crippen LogP contribution in [-0.2, 0) is 18.3 Å². The van der Waals surface area contributed by atoms with Crippen LogP contribution in [0.2, 0.25) is 0 Å².